The Bertz CT molecular complexity index is 1100. The van der Waals surface area contributed by atoms with Gasteiger partial charge in [-0.3, -0.25) is 4.79 Å². The molecule has 3 aromatic rings. The van der Waals surface area contributed by atoms with E-state index in [9.17, 15) is 9.59 Å². The minimum absolute atomic E-state index is 0.0254. The molecule has 2 heterocycles. The largest absolute Gasteiger partial charge is 0.464 e. The molecule has 0 bridgehead atoms. The standard InChI is InChI=1S/C22H27NO5/c1-12-14-9-16-17(22(3,4)5)11-27-19(16)13(2)20(14)28-21(25)15(12)10-18(24)23-7-8-26-6/h9,11H,7-8,10H2,1-6H3,(H,23,24). The van der Waals surface area contributed by atoms with E-state index in [4.69, 9.17) is 13.6 Å². The van der Waals surface area contributed by atoms with Crippen molar-refractivity contribution in [3.8, 4) is 0 Å². The van der Waals surface area contributed by atoms with Crippen LogP contribution in [0.3, 0.4) is 0 Å². The Morgan fingerprint density at radius 2 is 1.86 bits per heavy atom. The van der Waals surface area contributed by atoms with Crippen LogP contribution in [-0.2, 0) is 21.4 Å². The number of carbonyl (C=O) groups is 1. The molecule has 0 aliphatic carbocycles. The van der Waals surface area contributed by atoms with Gasteiger partial charge in [0.2, 0.25) is 5.91 Å². The highest BCUT2D eigenvalue weighted by Gasteiger charge is 2.24. The normalized spacial score (nSPS) is 12.1. The molecule has 0 unspecified atom stereocenters. The third-order valence-corrected chi connectivity index (χ3v) is 5.12. The number of aryl methyl sites for hydroxylation is 2. The van der Waals surface area contributed by atoms with Crippen molar-refractivity contribution in [3.05, 3.63) is 45.0 Å². The molecule has 0 saturated carbocycles. The number of ether oxygens (including phenoxy) is 1. The Morgan fingerprint density at radius 3 is 2.50 bits per heavy atom. The fourth-order valence-corrected chi connectivity index (χ4v) is 3.50. The molecule has 0 radical (unpaired) electrons. The maximum atomic E-state index is 12.6. The fraction of sp³-hybridized carbons (Fsp3) is 0.455. The summed E-state index contributed by atoms with van der Waals surface area (Å²) in [6.45, 7) is 11.0. The quantitative estimate of drug-likeness (QED) is 0.534. The summed E-state index contributed by atoms with van der Waals surface area (Å²) in [5, 5.41) is 4.58. The van der Waals surface area contributed by atoms with Crippen LogP contribution < -0.4 is 10.9 Å². The van der Waals surface area contributed by atoms with Gasteiger partial charge < -0.3 is 18.9 Å². The third kappa shape index (κ3) is 3.56. The van der Waals surface area contributed by atoms with Crippen molar-refractivity contribution in [2.24, 2.45) is 0 Å². The van der Waals surface area contributed by atoms with Gasteiger partial charge in [0.15, 0.2) is 0 Å². The Hall–Kier alpha value is -2.60. The smallest absolute Gasteiger partial charge is 0.340 e. The number of nitrogens with one attached hydrogen (secondary N) is 1. The van der Waals surface area contributed by atoms with Gasteiger partial charge in [-0.2, -0.15) is 0 Å². The number of methoxy groups -OCH3 is 1. The first-order valence-electron chi connectivity index (χ1n) is 9.38. The zero-order valence-corrected chi connectivity index (χ0v) is 17.3. The second-order valence-electron chi connectivity index (χ2n) is 8.17. The van der Waals surface area contributed by atoms with E-state index in [0.717, 1.165) is 33.0 Å². The number of hydrogen-bond acceptors (Lipinski definition) is 5. The van der Waals surface area contributed by atoms with Crippen LogP contribution in [0.15, 0.2) is 26.0 Å². The molecule has 0 spiro atoms. The van der Waals surface area contributed by atoms with Gasteiger partial charge in [0, 0.05) is 35.6 Å². The van der Waals surface area contributed by atoms with Crippen molar-refractivity contribution in [1.82, 2.24) is 5.32 Å². The summed E-state index contributed by atoms with van der Waals surface area (Å²) in [6.07, 6.45) is 1.75. The monoisotopic (exact) mass is 385 g/mol. The number of fused-ring (bicyclic) bond motifs is 2. The van der Waals surface area contributed by atoms with Gasteiger partial charge in [-0.1, -0.05) is 20.8 Å². The van der Waals surface area contributed by atoms with Crippen LogP contribution in [0.5, 0.6) is 0 Å². The molecule has 150 valence electrons. The molecule has 2 aromatic heterocycles. The van der Waals surface area contributed by atoms with E-state index in [-0.39, 0.29) is 17.7 Å². The average molecular weight is 385 g/mol. The molecule has 0 saturated heterocycles. The number of rotatable bonds is 5. The topological polar surface area (TPSA) is 81.7 Å². The molecule has 1 amide bonds. The molecule has 0 fully saturated rings. The van der Waals surface area contributed by atoms with Crippen molar-refractivity contribution in [2.45, 2.75) is 46.5 Å². The summed E-state index contributed by atoms with van der Waals surface area (Å²) < 4.78 is 16.3. The minimum Gasteiger partial charge on any atom is -0.464 e. The number of amides is 1. The van der Waals surface area contributed by atoms with E-state index in [1.807, 2.05) is 19.9 Å². The van der Waals surface area contributed by atoms with E-state index in [2.05, 4.69) is 26.1 Å². The summed E-state index contributed by atoms with van der Waals surface area (Å²) in [7, 11) is 1.57. The third-order valence-electron chi connectivity index (χ3n) is 5.12. The molecular formula is C22H27NO5. The lowest BCUT2D eigenvalue weighted by molar-refractivity contribution is -0.120. The van der Waals surface area contributed by atoms with Crippen LogP contribution in [0.1, 0.15) is 43.0 Å². The van der Waals surface area contributed by atoms with Crippen molar-refractivity contribution < 1.29 is 18.4 Å². The molecule has 1 aromatic carbocycles. The highest BCUT2D eigenvalue weighted by atomic mass is 16.5. The molecule has 6 heteroatoms. The molecular weight excluding hydrogens is 358 g/mol. The fourth-order valence-electron chi connectivity index (χ4n) is 3.50. The van der Waals surface area contributed by atoms with Crippen LogP contribution in [0.25, 0.3) is 21.9 Å². The van der Waals surface area contributed by atoms with Gasteiger partial charge in [-0.15, -0.1) is 0 Å². The van der Waals surface area contributed by atoms with Crippen LogP contribution in [-0.4, -0.2) is 26.2 Å². The highest BCUT2D eigenvalue weighted by molar-refractivity contribution is 6.00. The van der Waals surface area contributed by atoms with E-state index >= 15 is 0 Å². The van der Waals surface area contributed by atoms with E-state index < -0.39 is 5.63 Å². The van der Waals surface area contributed by atoms with Crippen molar-refractivity contribution in [2.75, 3.05) is 20.3 Å². The predicted octanol–water partition coefficient (Wildman–Crippen LogP) is 3.76. The van der Waals surface area contributed by atoms with Crippen molar-refractivity contribution in [3.63, 3.8) is 0 Å². The summed E-state index contributed by atoms with van der Waals surface area (Å²) in [4.78, 5) is 24.8. The van der Waals surface area contributed by atoms with E-state index in [1.54, 1.807) is 13.4 Å². The molecule has 28 heavy (non-hydrogen) atoms. The predicted molar refractivity (Wildman–Crippen MR) is 109 cm³/mol. The minimum atomic E-state index is -0.489. The maximum absolute atomic E-state index is 12.6. The van der Waals surface area contributed by atoms with E-state index in [1.165, 1.54) is 0 Å². The Morgan fingerprint density at radius 1 is 1.14 bits per heavy atom. The summed E-state index contributed by atoms with van der Waals surface area (Å²) >= 11 is 0. The van der Waals surface area contributed by atoms with Crippen molar-refractivity contribution >= 4 is 27.8 Å². The maximum Gasteiger partial charge on any atom is 0.340 e. The average Bonchev–Trinajstić information content (AvgIpc) is 3.05. The lowest BCUT2D eigenvalue weighted by atomic mass is 9.86. The zero-order chi connectivity index (χ0) is 20.6. The molecule has 6 nitrogen and oxygen atoms in total. The van der Waals surface area contributed by atoms with Crippen LogP contribution in [0, 0.1) is 13.8 Å². The van der Waals surface area contributed by atoms with Gasteiger partial charge in [0.25, 0.3) is 0 Å². The van der Waals surface area contributed by atoms with Gasteiger partial charge in [-0.05, 0) is 30.9 Å². The Kier molecular flexibility index (Phi) is 5.35. The summed E-state index contributed by atoms with van der Waals surface area (Å²) in [6, 6.07) is 2.01. The zero-order valence-electron chi connectivity index (χ0n) is 17.3. The number of hydrogen-bond donors (Lipinski definition) is 1. The van der Waals surface area contributed by atoms with Crippen LogP contribution in [0.4, 0.5) is 0 Å². The Labute approximate surface area is 163 Å². The molecule has 0 aliphatic rings. The first-order chi connectivity index (χ1) is 13.1. The lowest BCUT2D eigenvalue weighted by Crippen LogP contribution is -2.30. The van der Waals surface area contributed by atoms with Crippen molar-refractivity contribution in [1.29, 1.82) is 0 Å². The highest BCUT2D eigenvalue weighted by Crippen LogP contribution is 2.37. The Balaban J connectivity index is 2.14. The van der Waals surface area contributed by atoms with E-state index in [0.29, 0.717) is 24.3 Å². The summed E-state index contributed by atoms with van der Waals surface area (Å²) in [5.41, 5.74) is 3.69. The molecule has 0 aliphatic heterocycles. The van der Waals surface area contributed by atoms with Gasteiger partial charge >= 0.3 is 5.63 Å². The first kappa shape index (κ1) is 20.1. The second-order valence-corrected chi connectivity index (χ2v) is 8.17. The van der Waals surface area contributed by atoms with Crippen LogP contribution >= 0.6 is 0 Å². The molecule has 1 N–H and O–H groups in total. The summed E-state index contributed by atoms with van der Waals surface area (Å²) in [5.74, 6) is -0.233. The second kappa shape index (κ2) is 7.43. The van der Waals surface area contributed by atoms with Gasteiger partial charge in [0.1, 0.15) is 11.2 Å². The lowest BCUT2D eigenvalue weighted by Gasteiger charge is -2.17. The number of carbonyl (C=O) groups excluding carboxylic acids is 1. The SMILES string of the molecule is COCCNC(=O)Cc1c(C)c2cc3c(C(C)(C)C)coc3c(C)c2oc1=O. The van der Waals surface area contributed by atoms with Gasteiger partial charge in [-0.25, -0.2) is 4.79 Å². The first-order valence-corrected chi connectivity index (χ1v) is 9.38. The molecule has 0 atom stereocenters. The van der Waals surface area contributed by atoms with Gasteiger partial charge in [0.05, 0.1) is 24.9 Å². The number of benzene rings is 1. The number of furan rings is 1. The molecule has 3 rings (SSSR count). The van der Waals surface area contributed by atoms with Crippen LogP contribution in [0.2, 0.25) is 0 Å².